The number of thioether (sulfide) groups is 1. The van der Waals surface area contributed by atoms with Gasteiger partial charge in [0.05, 0.1) is 12.4 Å². The van der Waals surface area contributed by atoms with E-state index < -0.39 is 10.0 Å². The van der Waals surface area contributed by atoms with Crippen molar-refractivity contribution in [2.75, 3.05) is 24.5 Å². The van der Waals surface area contributed by atoms with Gasteiger partial charge in [0.25, 0.3) is 0 Å². The van der Waals surface area contributed by atoms with Crippen molar-refractivity contribution in [3.05, 3.63) is 0 Å². The van der Waals surface area contributed by atoms with Gasteiger partial charge in [-0.2, -0.15) is 11.8 Å². The zero-order valence-electron chi connectivity index (χ0n) is 8.23. The molecule has 2 unspecified atom stereocenters. The molecule has 0 spiro atoms. The minimum atomic E-state index is -3.30. The maximum absolute atomic E-state index is 11.3. The monoisotopic (exact) mass is 261 g/mol. The third-order valence-electron chi connectivity index (χ3n) is 1.75. The van der Waals surface area contributed by atoms with Gasteiger partial charge in [0.2, 0.25) is 10.0 Å². The summed E-state index contributed by atoms with van der Waals surface area (Å²) >= 11 is 6.77. The molecule has 2 N–H and O–H groups in total. The molecule has 0 aliphatic rings. The normalized spacial score (nSPS) is 16.6. The van der Waals surface area contributed by atoms with Gasteiger partial charge in [-0.1, -0.05) is 0 Å². The Labute approximate surface area is 94.5 Å². The average molecular weight is 262 g/mol. The fraction of sp³-hybridized carbons (Fsp3) is 1.00. The second-order valence-corrected chi connectivity index (χ2v) is 6.20. The summed E-state index contributed by atoms with van der Waals surface area (Å²) < 4.78 is 25.0. The van der Waals surface area contributed by atoms with Crippen LogP contribution in [0.1, 0.15) is 6.92 Å². The Kier molecular flexibility index (Phi) is 7.15. The van der Waals surface area contributed by atoms with Crippen LogP contribution >= 0.6 is 23.4 Å². The van der Waals surface area contributed by atoms with Crippen molar-refractivity contribution in [2.24, 2.45) is 0 Å². The molecule has 0 aromatic heterocycles. The quantitative estimate of drug-likeness (QED) is 0.645. The molecule has 0 amide bonds. The van der Waals surface area contributed by atoms with E-state index in [0.717, 1.165) is 0 Å². The predicted octanol–water partition coefficient (Wildman–Crippen LogP) is 0.257. The highest BCUT2D eigenvalue weighted by Crippen LogP contribution is 2.11. The zero-order chi connectivity index (χ0) is 11.2. The largest absolute Gasteiger partial charge is 0.395 e. The van der Waals surface area contributed by atoms with Crippen LogP contribution in [0.2, 0.25) is 0 Å². The molecule has 0 saturated carbocycles. The van der Waals surface area contributed by atoms with Crippen LogP contribution in [0, 0.1) is 0 Å². The zero-order valence-corrected chi connectivity index (χ0v) is 10.6. The Bertz CT molecular complexity index is 241. The van der Waals surface area contributed by atoms with Gasteiger partial charge in [-0.3, -0.25) is 0 Å². The SMILES string of the molecule is CSC(CO)C(C)NS(=O)(=O)CCCl. The van der Waals surface area contributed by atoms with Gasteiger partial charge >= 0.3 is 0 Å². The molecule has 7 heteroatoms. The van der Waals surface area contributed by atoms with Gasteiger partial charge in [0.15, 0.2) is 0 Å². The van der Waals surface area contributed by atoms with Crippen molar-refractivity contribution in [1.82, 2.24) is 4.72 Å². The Morgan fingerprint density at radius 3 is 2.50 bits per heavy atom. The number of aliphatic hydroxyl groups excluding tert-OH is 1. The standard InChI is InChI=1S/C7H16ClNO3S2/c1-6(7(5-10)13-2)9-14(11,12)4-3-8/h6-7,9-10H,3-5H2,1-2H3. The van der Waals surface area contributed by atoms with Gasteiger partial charge in [-0.15, -0.1) is 11.6 Å². The lowest BCUT2D eigenvalue weighted by Crippen LogP contribution is -2.42. The molecule has 0 fully saturated rings. The highest BCUT2D eigenvalue weighted by Gasteiger charge is 2.20. The van der Waals surface area contributed by atoms with E-state index in [2.05, 4.69) is 4.72 Å². The van der Waals surface area contributed by atoms with E-state index >= 15 is 0 Å². The summed E-state index contributed by atoms with van der Waals surface area (Å²) in [4.78, 5) is 0. The fourth-order valence-electron chi connectivity index (χ4n) is 0.956. The Hall–Kier alpha value is 0.510. The molecule has 14 heavy (non-hydrogen) atoms. The minimum Gasteiger partial charge on any atom is -0.395 e. The molecule has 0 radical (unpaired) electrons. The Balaban J connectivity index is 4.22. The minimum absolute atomic E-state index is 0.0499. The predicted molar refractivity (Wildman–Crippen MR) is 61.5 cm³/mol. The van der Waals surface area contributed by atoms with Crippen molar-refractivity contribution < 1.29 is 13.5 Å². The number of sulfonamides is 1. The van der Waals surface area contributed by atoms with Gasteiger partial charge in [0.1, 0.15) is 0 Å². The summed E-state index contributed by atoms with van der Waals surface area (Å²) in [5.41, 5.74) is 0. The molecule has 4 nitrogen and oxygen atoms in total. The summed E-state index contributed by atoms with van der Waals surface area (Å²) in [6.45, 7) is 1.68. The van der Waals surface area contributed by atoms with E-state index in [-0.39, 0.29) is 29.5 Å². The second kappa shape index (κ2) is 6.90. The highest BCUT2D eigenvalue weighted by molar-refractivity contribution is 7.99. The lowest BCUT2D eigenvalue weighted by Gasteiger charge is -2.20. The van der Waals surface area contributed by atoms with Crippen LogP contribution in [0.15, 0.2) is 0 Å². The topological polar surface area (TPSA) is 66.4 Å². The molecule has 0 aromatic rings. The number of rotatable bonds is 7. The third kappa shape index (κ3) is 5.41. The van der Waals surface area contributed by atoms with Gasteiger partial charge in [-0.25, -0.2) is 13.1 Å². The van der Waals surface area contributed by atoms with Crippen LogP contribution in [0.4, 0.5) is 0 Å². The first-order chi connectivity index (χ1) is 6.46. The van der Waals surface area contributed by atoms with E-state index in [0.29, 0.717) is 0 Å². The summed E-state index contributed by atoms with van der Waals surface area (Å²) in [5, 5.41) is 8.82. The Morgan fingerprint density at radius 2 is 2.14 bits per heavy atom. The molecule has 0 saturated heterocycles. The lowest BCUT2D eigenvalue weighted by molar-refractivity contribution is 0.282. The van der Waals surface area contributed by atoms with Crippen LogP contribution in [0.5, 0.6) is 0 Å². The Morgan fingerprint density at radius 1 is 1.57 bits per heavy atom. The number of hydrogen-bond donors (Lipinski definition) is 2. The average Bonchev–Trinajstić information content (AvgIpc) is 2.04. The molecule has 0 bridgehead atoms. The maximum Gasteiger partial charge on any atom is 0.213 e. The molecule has 0 aliphatic carbocycles. The van der Waals surface area contributed by atoms with Crippen LogP contribution in [0.3, 0.4) is 0 Å². The van der Waals surface area contributed by atoms with E-state index in [4.69, 9.17) is 16.7 Å². The van der Waals surface area contributed by atoms with Crippen molar-refractivity contribution >= 4 is 33.4 Å². The first-order valence-corrected chi connectivity index (χ1v) is 7.64. The summed E-state index contributed by atoms with van der Waals surface area (Å²) in [7, 11) is -3.30. The molecule has 0 aliphatic heterocycles. The van der Waals surface area contributed by atoms with Gasteiger partial charge in [-0.05, 0) is 13.2 Å². The fourth-order valence-corrected chi connectivity index (χ4v) is 3.33. The van der Waals surface area contributed by atoms with Crippen LogP contribution in [0.25, 0.3) is 0 Å². The first-order valence-electron chi connectivity index (χ1n) is 4.16. The van der Waals surface area contributed by atoms with Crippen molar-refractivity contribution in [3.63, 3.8) is 0 Å². The summed E-state index contributed by atoms with van der Waals surface area (Å²) in [6.07, 6.45) is 1.83. The van der Waals surface area contributed by atoms with Gasteiger partial charge < -0.3 is 5.11 Å². The third-order valence-corrected chi connectivity index (χ3v) is 4.80. The van der Waals surface area contributed by atoms with Gasteiger partial charge in [0, 0.05) is 17.2 Å². The van der Waals surface area contributed by atoms with Crippen molar-refractivity contribution in [3.8, 4) is 0 Å². The summed E-state index contributed by atoms with van der Waals surface area (Å²) in [6, 6.07) is -0.289. The number of alkyl halides is 1. The number of hydrogen-bond acceptors (Lipinski definition) is 4. The second-order valence-electron chi connectivity index (χ2n) is 2.87. The first kappa shape index (κ1) is 14.5. The van der Waals surface area contributed by atoms with E-state index in [1.807, 2.05) is 6.26 Å². The summed E-state index contributed by atoms with van der Waals surface area (Å²) in [5.74, 6) is -0.0173. The van der Waals surface area contributed by atoms with E-state index in [1.54, 1.807) is 6.92 Å². The number of aliphatic hydroxyl groups is 1. The lowest BCUT2D eigenvalue weighted by atomic mass is 10.3. The van der Waals surface area contributed by atoms with Crippen LogP contribution < -0.4 is 4.72 Å². The molecular formula is C7H16ClNO3S2. The molecule has 0 heterocycles. The highest BCUT2D eigenvalue weighted by atomic mass is 35.5. The number of nitrogens with one attached hydrogen (secondary N) is 1. The van der Waals surface area contributed by atoms with E-state index in [9.17, 15) is 8.42 Å². The molecule has 2 atom stereocenters. The maximum atomic E-state index is 11.3. The van der Waals surface area contributed by atoms with Crippen molar-refractivity contribution in [1.29, 1.82) is 0 Å². The van der Waals surface area contributed by atoms with E-state index in [1.165, 1.54) is 11.8 Å². The number of halogens is 1. The molecular weight excluding hydrogens is 246 g/mol. The van der Waals surface area contributed by atoms with Crippen LogP contribution in [-0.4, -0.2) is 49.3 Å². The molecule has 86 valence electrons. The molecule has 0 rings (SSSR count). The van der Waals surface area contributed by atoms with Crippen molar-refractivity contribution in [2.45, 2.75) is 18.2 Å². The smallest absolute Gasteiger partial charge is 0.213 e. The molecule has 0 aromatic carbocycles. The van der Waals surface area contributed by atoms with Crippen LogP contribution in [-0.2, 0) is 10.0 Å².